The van der Waals surface area contributed by atoms with Crippen molar-refractivity contribution in [3.05, 3.63) is 42.1 Å². The number of carbonyl (C=O) groups excluding carboxylic acids is 1. The number of hydrogen-bond donors (Lipinski definition) is 3. The van der Waals surface area contributed by atoms with E-state index in [0.717, 1.165) is 18.4 Å². The molecule has 0 radical (unpaired) electrons. The van der Waals surface area contributed by atoms with Crippen LogP contribution in [0.3, 0.4) is 0 Å². The number of nitrogens with one attached hydrogen (secondary N) is 2. The third-order valence-electron chi connectivity index (χ3n) is 4.66. The van der Waals surface area contributed by atoms with Crippen LogP contribution in [0.2, 0.25) is 0 Å². The van der Waals surface area contributed by atoms with Gasteiger partial charge < -0.3 is 10.4 Å². The van der Waals surface area contributed by atoms with Crippen molar-refractivity contribution >= 4 is 11.9 Å². The monoisotopic (exact) mass is 342 g/mol. The summed E-state index contributed by atoms with van der Waals surface area (Å²) in [7, 11) is 0. The molecule has 0 unspecified atom stereocenters. The van der Waals surface area contributed by atoms with Crippen LogP contribution in [0.25, 0.3) is 11.3 Å². The second kappa shape index (κ2) is 7.48. The van der Waals surface area contributed by atoms with Gasteiger partial charge in [0.05, 0.1) is 24.0 Å². The van der Waals surface area contributed by atoms with Gasteiger partial charge in [-0.15, -0.1) is 0 Å². The molecule has 3 rings (SSSR count). The highest BCUT2D eigenvalue weighted by Gasteiger charge is 2.35. The Morgan fingerprint density at radius 2 is 2.04 bits per heavy atom. The van der Waals surface area contributed by atoms with Gasteiger partial charge in [-0.2, -0.15) is 5.10 Å². The molecule has 2 aromatic rings. The number of amides is 1. The van der Waals surface area contributed by atoms with E-state index in [2.05, 4.69) is 15.5 Å². The Hall–Kier alpha value is -2.67. The first-order valence-electron chi connectivity index (χ1n) is 8.44. The van der Waals surface area contributed by atoms with Crippen molar-refractivity contribution in [2.45, 2.75) is 31.8 Å². The van der Waals surface area contributed by atoms with Crippen LogP contribution < -0.4 is 5.32 Å². The van der Waals surface area contributed by atoms with E-state index >= 15 is 0 Å². The molecule has 25 heavy (non-hydrogen) atoms. The average Bonchev–Trinajstić information content (AvgIpc) is 3.06. The minimum atomic E-state index is -0.819. The Morgan fingerprint density at radius 3 is 2.68 bits per heavy atom. The van der Waals surface area contributed by atoms with Crippen molar-refractivity contribution < 1.29 is 14.7 Å². The van der Waals surface area contributed by atoms with Crippen LogP contribution in [-0.4, -0.2) is 57.3 Å². The zero-order valence-corrected chi connectivity index (χ0v) is 14.1. The summed E-state index contributed by atoms with van der Waals surface area (Å²) in [5.74, 6) is -0.974. The van der Waals surface area contributed by atoms with Crippen LogP contribution in [0.4, 0.5) is 0 Å². The molecular weight excluding hydrogens is 320 g/mol. The lowest BCUT2D eigenvalue weighted by Crippen LogP contribution is -2.54. The Labute approximate surface area is 146 Å². The number of benzene rings is 1. The minimum absolute atomic E-state index is 0.0434. The normalized spacial score (nSPS) is 19.4. The van der Waals surface area contributed by atoms with Gasteiger partial charge >= 0.3 is 5.97 Å². The quantitative estimate of drug-likeness (QED) is 0.712. The maximum absolute atomic E-state index is 12.5. The Balaban J connectivity index is 1.58. The lowest BCUT2D eigenvalue weighted by Gasteiger charge is -2.42. The van der Waals surface area contributed by atoms with Gasteiger partial charge in [-0.1, -0.05) is 37.3 Å². The van der Waals surface area contributed by atoms with Crippen molar-refractivity contribution in [2.75, 3.05) is 13.1 Å². The summed E-state index contributed by atoms with van der Waals surface area (Å²) in [6.45, 7) is 2.69. The molecule has 0 bridgehead atoms. The molecule has 1 fully saturated rings. The van der Waals surface area contributed by atoms with Crippen LogP contribution in [-0.2, 0) is 4.79 Å². The number of rotatable bonds is 7. The zero-order chi connectivity index (χ0) is 17.8. The number of nitrogens with zero attached hydrogens (tertiary/aromatic N) is 2. The van der Waals surface area contributed by atoms with Crippen LogP contribution in [0.15, 0.2) is 36.5 Å². The van der Waals surface area contributed by atoms with Gasteiger partial charge in [0.2, 0.25) is 0 Å². The van der Waals surface area contributed by atoms with Gasteiger partial charge in [0.25, 0.3) is 5.91 Å². The summed E-state index contributed by atoms with van der Waals surface area (Å²) in [5.41, 5.74) is 2.14. The summed E-state index contributed by atoms with van der Waals surface area (Å²) >= 11 is 0. The Morgan fingerprint density at radius 1 is 1.32 bits per heavy atom. The first kappa shape index (κ1) is 17.2. The molecule has 1 saturated carbocycles. The number of H-pyrrole nitrogens is 1. The molecule has 1 aliphatic carbocycles. The topological polar surface area (TPSA) is 98.3 Å². The number of aromatic amines is 1. The summed E-state index contributed by atoms with van der Waals surface area (Å²) in [6, 6.07) is 9.88. The molecular formula is C18H22N4O3. The Kier molecular flexibility index (Phi) is 5.14. The van der Waals surface area contributed by atoms with Gasteiger partial charge in [0, 0.05) is 17.6 Å². The predicted molar refractivity (Wildman–Crippen MR) is 93.2 cm³/mol. The van der Waals surface area contributed by atoms with Crippen molar-refractivity contribution in [1.82, 2.24) is 20.4 Å². The van der Waals surface area contributed by atoms with Gasteiger partial charge in [0.1, 0.15) is 0 Å². The fourth-order valence-electron chi connectivity index (χ4n) is 3.22. The number of hydrogen-bond acceptors (Lipinski definition) is 4. The minimum Gasteiger partial charge on any atom is -0.480 e. The average molecular weight is 342 g/mol. The second-order valence-electron chi connectivity index (χ2n) is 6.28. The third-order valence-corrected chi connectivity index (χ3v) is 4.66. The fraction of sp³-hybridized carbons (Fsp3) is 0.389. The van der Waals surface area contributed by atoms with Crippen molar-refractivity contribution in [2.24, 2.45) is 0 Å². The number of aliphatic carboxylic acids is 1. The fourth-order valence-corrected chi connectivity index (χ4v) is 3.22. The molecule has 3 N–H and O–H groups in total. The summed E-state index contributed by atoms with van der Waals surface area (Å²) < 4.78 is 0. The molecule has 1 aromatic carbocycles. The van der Waals surface area contributed by atoms with E-state index in [0.29, 0.717) is 17.8 Å². The molecule has 1 heterocycles. The molecule has 0 aliphatic heterocycles. The maximum atomic E-state index is 12.5. The van der Waals surface area contributed by atoms with Crippen LogP contribution in [0.1, 0.15) is 30.1 Å². The third kappa shape index (κ3) is 3.88. The van der Waals surface area contributed by atoms with Gasteiger partial charge in [-0.05, 0) is 19.4 Å². The second-order valence-corrected chi connectivity index (χ2v) is 6.28. The van der Waals surface area contributed by atoms with E-state index < -0.39 is 5.97 Å². The molecule has 1 aromatic heterocycles. The maximum Gasteiger partial charge on any atom is 0.317 e. The first-order chi connectivity index (χ1) is 12.1. The number of aromatic nitrogens is 2. The van der Waals surface area contributed by atoms with E-state index in [1.165, 1.54) is 6.20 Å². The highest BCUT2D eigenvalue weighted by atomic mass is 16.4. The van der Waals surface area contributed by atoms with Crippen molar-refractivity contribution in [1.29, 1.82) is 0 Å². The summed E-state index contributed by atoms with van der Waals surface area (Å²) in [5, 5.41) is 18.8. The van der Waals surface area contributed by atoms with Gasteiger partial charge in [-0.25, -0.2) is 0 Å². The number of carboxylic acids is 1. The molecule has 7 nitrogen and oxygen atoms in total. The SMILES string of the molecule is CCN(CC(=O)O)C1CC(NC(=O)c2cn[nH]c2-c2ccccc2)C1. The molecule has 1 aliphatic rings. The van der Waals surface area contributed by atoms with Crippen LogP contribution in [0.5, 0.6) is 0 Å². The summed E-state index contributed by atoms with van der Waals surface area (Å²) in [4.78, 5) is 25.4. The molecule has 0 spiro atoms. The number of carboxylic acid groups (broad SMARTS) is 1. The first-order valence-corrected chi connectivity index (χ1v) is 8.44. The van der Waals surface area contributed by atoms with Crippen molar-refractivity contribution in [3.63, 3.8) is 0 Å². The van der Waals surface area contributed by atoms with Crippen LogP contribution >= 0.6 is 0 Å². The highest BCUT2D eigenvalue weighted by Crippen LogP contribution is 2.27. The number of carbonyl (C=O) groups is 2. The van der Waals surface area contributed by atoms with Gasteiger partial charge in [-0.3, -0.25) is 19.6 Å². The van der Waals surface area contributed by atoms with E-state index in [-0.39, 0.29) is 24.5 Å². The van der Waals surface area contributed by atoms with Crippen LogP contribution in [0, 0.1) is 0 Å². The molecule has 0 saturated heterocycles. The largest absolute Gasteiger partial charge is 0.480 e. The molecule has 1 amide bonds. The van der Waals surface area contributed by atoms with E-state index in [9.17, 15) is 9.59 Å². The molecule has 0 atom stereocenters. The smallest absolute Gasteiger partial charge is 0.317 e. The van der Waals surface area contributed by atoms with E-state index in [1.807, 2.05) is 42.2 Å². The highest BCUT2D eigenvalue weighted by molar-refractivity contribution is 5.99. The molecule has 132 valence electrons. The number of likely N-dealkylation sites (N-methyl/N-ethyl adjacent to an activating group) is 1. The lowest BCUT2D eigenvalue weighted by atomic mass is 9.85. The molecule has 7 heteroatoms. The zero-order valence-electron chi connectivity index (χ0n) is 14.1. The van der Waals surface area contributed by atoms with Crippen molar-refractivity contribution in [3.8, 4) is 11.3 Å². The predicted octanol–water partition coefficient (Wildman–Crippen LogP) is 1.74. The standard InChI is InChI=1S/C18H22N4O3/c1-2-22(11-16(23)24)14-8-13(9-14)20-18(25)15-10-19-21-17(15)12-6-4-3-5-7-12/h3-7,10,13-14H,2,8-9,11H2,1H3,(H,19,21)(H,20,25)(H,23,24). The summed E-state index contributed by atoms with van der Waals surface area (Å²) in [6.07, 6.45) is 3.08. The van der Waals surface area contributed by atoms with E-state index in [4.69, 9.17) is 5.11 Å². The van der Waals surface area contributed by atoms with E-state index in [1.54, 1.807) is 0 Å². The lowest BCUT2D eigenvalue weighted by molar-refractivity contribution is -0.139. The Bertz CT molecular complexity index is 738. The van der Waals surface area contributed by atoms with Gasteiger partial charge in [0.15, 0.2) is 0 Å².